The van der Waals surface area contributed by atoms with Crippen molar-refractivity contribution in [2.45, 2.75) is 19.4 Å². The number of hydrogen-bond acceptors (Lipinski definition) is 3. The largest absolute Gasteiger partial charge is 0.478 e. The number of likely N-dealkylation sites (tertiary alicyclic amines) is 1. The lowest BCUT2D eigenvalue weighted by Gasteiger charge is -2.13. The smallest absolute Gasteiger partial charge is 0.335 e. The van der Waals surface area contributed by atoms with Crippen LogP contribution >= 0.6 is 0 Å². The summed E-state index contributed by atoms with van der Waals surface area (Å²) < 4.78 is 0. The molecule has 0 bridgehead atoms. The molecule has 0 saturated carbocycles. The van der Waals surface area contributed by atoms with Crippen LogP contribution in [-0.2, 0) is 4.79 Å². The lowest BCUT2D eigenvalue weighted by Crippen LogP contribution is -2.36. The van der Waals surface area contributed by atoms with Gasteiger partial charge in [0.1, 0.15) is 0 Å². The third kappa shape index (κ3) is 2.96. The topological polar surface area (TPSA) is 86.7 Å². The Bertz CT molecular complexity index is 583. The molecule has 6 heteroatoms. The lowest BCUT2D eigenvalue weighted by atomic mass is 10.1. The summed E-state index contributed by atoms with van der Waals surface area (Å²) in [4.78, 5) is 36.0. The zero-order chi connectivity index (χ0) is 14.9. The molecule has 1 aromatic carbocycles. The van der Waals surface area contributed by atoms with Crippen molar-refractivity contribution in [1.29, 1.82) is 0 Å². The highest BCUT2D eigenvalue weighted by atomic mass is 16.4. The van der Waals surface area contributed by atoms with Crippen LogP contribution in [0.4, 0.5) is 0 Å². The number of carboxylic acid groups (broad SMARTS) is 1. The fraction of sp³-hybridized carbons (Fsp3) is 0.357. The van der Waals surface area contributed by atoms with Gasteiger partial charge in [-0.05, 0) is 30.7 Å². The molecular weight excluding hydrogens is 260 g/mol. The van der Waals surface area contributed by atoms with E-state index in [0.717, 1.165) is 0 Å². The van der Waals surface area contributed by atoms with Crippen molar-refractivity contribution in [3.63, 3.8) is 0 Å². The Labute approximate surface area is 116 Å². The molecule has 2 amide bonds. The Morgan fingerprint density at radius 2 is 1.95 bits per heavy atom. The number of nitrogens with zero attached hydrogens (tertiary/aromatic N) is 1. The van der Waals surface area contributed by atoms with Gasteiger partial charge in [-0.25, -0.2) is 4.79 Å². The maximum atomic E-state index is 12.1. The predicted molar refractivity (Wildman–Crippen MR) is 71.6 cm³/mol. The zero-order valence-corrected chi connectivity index (χ0v) is 11.3. The second-order valence-electron chi connectivity index (χ2n) is 5.04. The number of nitrogens with one attached hydrogen (secondary N) is 1. The fourth-order valence-corrected chi connectivity index (χ4v) is 2.27. The molecule has 0 aliphatic carbocycles. The van der Waals surface area contributed by atoms with E-state index in [1.807, 2.05) is 0 Å². The number of rotatable bonds is 3. The molecule has 1 atom stereocenters. The molecule has 1 aliphatic heterocycles. The van der Waals surface area contributed by atoms with Crippen LogP contribution in [0, 0.1) is 6.92 Å². The van der Waals surface area contributed by atoms with Crippen LogP contribution in [0.2, 0.25) is 0 Å². The average molecular weight is 276 g/mol. The first kappa shape index (κ1) is 14.0. The van der Waals surface area contributed by atoms with Crippen molar-refractivity contribution in [3.8, 4) is 0 Å². The molecule has 20 heavy (non-hydrogen) atoms. The molecule has 1 saturated heterocycles. The second-order valence-corrected chi connectivity index (χ2v) is 5.04. The third-order valence-corrected chi connectivity index (χ3v) is 3.26. The molecule has 0 radical (unpaired) electrons. The van der Waals surface area contributed by atoms with Gasteiger partial charge < -0.3 is 15.3 Å². The van der Waals surface area contributed by atoms with E-state index in [1.165, 1.54) is 12.1 Å². The SMILES string of the molecule is Cc1cc(C(=O)O)cc(C(=O)NC2CC(=O)N(C)C2)c1. The number of benzene rings is 1. The molecule has 1 heterocycles. The van der Waals surface area contributed by atoms with Gasteiger partial charge in [-0.2, -0.15) is 0 Å². The Morgan fingerprint density at radius 1 is 1.30 bits per heavy atom. The number of aryl methyl sites for hydroxylation is 1. The number of likely N-dealkylation sites (N-methyl/N-ethyl adjacent to an activating group) is 1. The minimum Gasteiger partial charge on any atom is -0.478 e. The third-order valence-electron chi connectivity index (χ3n) is 3.26. The highest BCUT2D eigenvalue weighted by Gasteiger charge is 2.28. The summed E-state index contributed by atoms with van der Waals surface area (Å²) in [5.74, 6) is -1.44. The zero-order valence-electron chi connectivity index (χ0n) is 11.3. The maximum Gasteiger partial charge on any atom is 0.335 e. The van der Waals surface area contributed by atoms with Gasteiger partial charge in [0.15, 0.2) is 0 Å². The van der Waals surface area contributed by atoms with Gasteiger partial charge in [0.25, 0.3) is 5.91 Å². The van der Waals surface area contributed by atoms with Gasteiger partial charge >= 0.3 is 5.97 Å². The Morgan fingerprint density at radius 3 is 2.50 bits per heavy atom. The number of carbonyl (C=O) groups excluding carboxylic acids is 2. The number of carboxylic acids is 1. The van der Waals surface area contributed by atoms with Crippen molar-refractivity contribution >= 4 is 17.8 Å². The quantitative estimate of drug-likeness (QED) is 0.848. The van der Waals surface area contributed by atoms with Gasteiger partial charge in [0.05, 0.1) is 11.6 Å². The van der Waals surface area contributed by atoms with Gasteiger partial charge in [-0.1, -0.05) is 0 Å². The summed E-state index contributed by atoms with van der Waals surface area (Å²) in [6.45, 7) is 2.21. The first-order valence-corrected chi connectivity index (χ1v) is 6.26. The molecule has 6 nitrogen and oxygen atoms in total. The summed E-state index contributed by atoms with van der Waals surface area (Å²) in [5.41, 5.74) is 1.08. The minimum absolute atomic E-state index is 0.00855. The molecule has 0 spiro atoms. The Balaban J connectivity index is 2.13. The van der Waals surface area contributed by atoms with Crippen LogP contribution in [0.5, 0.6) is 0 Å². The first-order valence-electron chi connectivity index (χ1n) is 6.26. The van der Waals surface area contributed by atoms with E-state index >= 15 is 0 Å². The molecule has 2 N–H and O–H groups in total. The van der Waals surface area contributed by atoms with Crippen molar-refractivity contribution in [3.05, 3.63) is 34.9 Å². The van der Waals surface area contributed by atoms with E-state index in [1.54, 1.807) is 24.9 Å². The Hall–Kier alpha value is -2.37. The number of hydrogen-bond donors (Lipinski definition) is 2. The molecule has 1 aliphatic rings. The van der Waals surface area contributed by atoms with Crippen LogP contribution in [0.15, 0.2) is 18.2 Å². The molecule has 0 aromatic heterocycles. The minimum atomic E-state index is -1.07. The van der Waals surface area contributed by atoms with Crippen LogP contribution in [0.1, 0.15) is 32.7 Å². The molecule has 1 unspecified atom stereocenters. The average Bonchev–Trinajstić information content (AvgIpc) is 2.67. The summed E-state index contributed by atoms with van der Waals surface area (Å²) in [5, 5.41) is 11.7. The molecule has 1 aromatic rings. The summed E-state index contributed by atoms with van der Waals surface area (Å²) in [6, 6.07) is 4.24. The molecule has 2 rings (SSSR count). The van der Waals surface area contributed by atoms with Crippen LogP contribution in [-0.4, -0.2) is 47.4 Å². The van der Waals surface area contributed by atoms with E-state index in [-0.39, 0.29) is 29.8 Å². The van der Waals surface area contributed by atoms with E-state index in [4.69, 9.17) is 5.11 Å². The summed E-state index contributed by atoms with van der Waals surface area (Å²) in [7, 11) is 1.68. The fourth-order valence-electron chi connectivity index (χ4n) is 2.27. The maximum absolute atomic E-state index is 12.1. The number of carbonyl (C=O) groups is 3. The highest BCUT2D eigenvalue weighted by Crippen LogP contribution is 2.13. The summed E-state index contributed by atoms with van der Waals surface area (Å²) in [6.07, 6.45) is 0.278. The van der Waals surface area contributed by atoms with Crippen LogP contribution < -0.4 is 5.32 Å². The normalized spacial score (nSPS) is 18.2. The van der Waals surface area contributed by atoms with Crippen molar-refractivity contribution < 1.29 is 19.5 Å². The monoisotopic (exact) mass is 276 g/mol. The van der Waals surface area contributed by atoms with Gasteiger partial charge in [0, 0.05) is 25.6 Å². The van der Waals surface area contributed by atoms with Crippen molar-refractivity contribution in [2.24, 2.45) is 0 Å². The van der Waals surface area contributed by atoms with E-state index < -0.39 is 5.97 Å². The lowest BCUT2D eigenvalue weighted by molar-refractivity contribution is -0.126. The predicted octanol–water partition coefficient (Wildman–Crippen LogP) is 0.654. The van der Waals surface area contributed by atoms with Crippen molar-refractivity contribution in [1.82, 2.24) is 10.2 Å². The van der Waals surface area contributed by atoms with Gasteiger partial charge in [0.2, 0.25) is 5.91 Å². The molecular formula is C14H16N2O4. The van der Waals surface area contributed by atoms with E-state index in [0.29, 0.717) is 17.7 Å². The van der Waals surface area contributed by atoms with Crippen molar-refractivity contribution in [2.75, 3.05) is 13.6 Å². The van der Waals surface area contributed by atoms with E-state index in [2.05, 4.69) is 5.32 Å². The standard InChI is InChI=1S/C14H16N2O4/c1-8-3-9(5-10(4-8)14(19)20)13(18)15-11-6-12(17)16(2)7-11/h3-5,11H,6-7H2,1-2H3,(H,15,18)(H,19,20). The summed E-state index contributed by atoms with van der Waals surface area (Å²) >= 11 is 0. The van der Waals surface area contributed by atoms with Gasteiger partial charge in [-0.3, -0.25) is 9.59 Å². The Kier molecular flexibility index (Phi) is 3.74. The molecule has 1 fully saturated rings. The molecule has 106 valence electrons. The van der Waals surface area contributed by atoms with Gasteiger partial charge in [-0.15, -0.1) is 0 Å². The second kappa shape index (κ2) is 5.32. The first-order chi connectivity index (χ1) is 9.36. The number of aromatic carboxylic acids is 1. The van der Waals surface area contributed by atoms with Crippen LogP contribution in [0.25, 0.3) is 0 Å². The number of amides is 2. The highest BCUT2D eigenvalue weighted by molar-refractivity contribution is 5.98. The van der Waals surface area contributed by atoms with E-state index in [9.17, 15) is 14.4 Å². The van der Waals surface area contributed by atoms with Crippen LogP contribution in [0.3, 0.4) is 0 Å².